The van der Waals surface area contributed by atoms with Crippen LogP contribution in [0.15, 0.2) is 50.6 Å². The van der Waals surface area contributed by atoms with E-state index >= 15 is 0 Å². The smallest absolute Gasteiger partial charge is 0.330 e. The lowest BCUT2D eigenvalue weighted by atomic mass is 9.92. The van der Waals surface area contributed by atoms with E-state index in [1.165, 1.54) is 0 Å². The van der Waals surface area contributed by atoms with E-state index in [-0.39, 0.29) is 72.7 Å². The highest BCUT2D eigenvalue weighted by Crippen LogP contribution is 2.22. The summed E-state index contributed by atoms with van der Waals surface area (Å²) in [5.41, 5.74) is -0.899. The highest BCUT2D eigenvalue weighted by molar-refractivity contribution is 5.82. The van der Waals surface area contributed by atoms with Gasteiger partial charge in [0, 0.05) is 24.3 Å². The predicted molar refractivity (Wildman–Crippen MR) is 135 cm³/mol. The van der Waals surface area contributed by atoms with Gasteiger partial charge in [-0.2, -0.15) is 0 Å². The van der Waals surface area contributed by atoms with Crippen molar-refractivity contribution in [1.29, 1.82) is 0 Å². The zero-order chi connectivity index (χ0) is 28.7. The van der Waals surface area contributed by atoms with E-state index in [4.69, 9.17) is 37.9 Å². The Morgan fingerprint density at radius 3 is 1.26 bits per heavy atom. The van der Waals surface area contributed by atoms with Crippen molar-refractivity contribution >= 4 is 23.9 Å². The highest BCUT2D eigenvalue weighted by atomic mass is 16.6. The summed E-state index contributed by atoms with van der Waals surface area (Å²) < 4.78 is 42.8. The maximum Gasteiger partial charge on any atom is 0.330 e. The van der Waals surface area contributed by atoms with Gasteiger partial charge < -0.3 is 37.9 Å². The Morgan fingerprint density at radius 1 is 0.579 bits per heavy atom. The van der Waals surface area contributed by atoms with Crippen LogP contribution in [0.4, 0.5) is 0 Å². The molecule has 0 heterocycles. The molecule has 0 aliphatic carbocycles. The molecule has 0 aromatic carbocycles. The van der Waals surface area contributed by atoms with Gasteiger partial charge in [0.05, 0.1) is 57.8 Å². The molecular weight excluding hydrogens is 504 g/mol. The van der Waals surface area contributed by atoms with Gasteiger partial charge in [-0.1, -0.05) is 26.3 Å². The highest BCUT2D eigenvalue weighted by Gasteiger charge is 2.33. The van der Waals surface area contributed by atoms with Crippen LogP contribution >= 0.6 is 0 Å². The number of carbonyl (C=O) groups excluding carboxylic acids is 4. The van der Waals surface area contributed by atoms with Crippen molar-refractivity contribution in [2.75, 3.05) is 72.7 Å². The Morgan fingerprint density at radius 2 is 0.921 bits per heavy atom. The van der Waals surface area contributed by atoms with Crippen molar-refractivity contribution in [3.8, 4) is 0 Å². The zero-order valence-corrected chi connectivity index (χ0v) is 21.9. The molecular formula is C26H38O12. The summed E-state index contributed by atoms with van der Waals surface area (Å²) in [6, 6.07) is 0. The largest absolute Gasteiger partial charge is 0.460 e. The summed E-state index contributed by atoms with van der Waals surface area (Å²) in [5.74, 6) is -2.33. The summed E-state index contributed by atoms with van der Waals surface area (Å²) >= 11 is 0. The molecule has 0 amide bonds. The maximum absolute atomic E-state index is 11.4. The SMILES string of the molecule is C=CC(=O)OCCOCC(COCCOC(=O)C=C)(COCCOC(=O)C=C)COC(C)COC(=O)C=C. The summed E-state index contributed by atoms with van der Waals surface area (Å²) in [4.78, 5) is 45.1. The second kappa shape index (κ2) is 21.7. The van der Waals surface area contributed by atoms with E-state index in [0.717, 1.165) is 24.3 Å². The lowest BCUT2D eigenvalue weighted by Crippen LogP contribution is -2.43. The molecule has 0 bridgehead atoms. The average Bonchev–Trinajstić information content (AvgIpc) is 2.93. The minimum Gasteiger partial charge on any atom is -0.460 e. The fourth-order valence-electron chi connectivity index (χ4n) is 2.52. The molecule has 0 aromatic rings. The third kappa shape index (κ3) is 18.0. The molecule has 0 rings (SSSR count). The first-order valence-corrected chi connectivity index (χ1v) is 11.7. The summed E-state index contributed by atoms with van der Waals surface area (Å²) in [7, 11) is 0. The molecule has 12 nitrogen and oxygen atoms in total. The van der Waals surface area contributed by atoms with E-state index < -0.39 is 35.4 Å². The van der Waals surface area contributed by atoms with Gasteiger partial charge in [0.15, 0.2) is 0 Å². The Kier molecular flexibility index (Phi) is 19.8. The third-order valence-corrected chi connectivity index (χ3v) is 4.44. The average molecular weight is 543 g/mol. The van der Waals surface area contributed by atoms with Crippen LogP contribution in [0.5, 0.6) is 0 Å². The van der Waals surface area contributed by atoms with E-state index in [1.54, 1.807) is 6.92 Å². The zero-order valence-electron chi connectivity index (χ0n) is 21.9. The van der Waals surface area contributed by atoms with Crippen molar-refractivity contribution in [1.82, 2.24) is 0 Å². The Bertz CT molecular complexity index is 702. The van der Waals surface area contributed by atoms with Crippen molar-refractivity contribution < 1.29 is 57.1 Å². The van der Waals surface area contributed by atoms with Crippen LogP contribution in [0.1, 0.15) is 6.92 Å². The van der Waals surface area contributed by atoms with Crippen LogP contribution < -0.4 is 0 Å². The molecule has 12 heteroatoms. The maximum atomic E-state index is 11.4. The van der Waals surface area contributed by atoms with Crippen LogP contribution in [0.2, 0.25) is 0 Å². The molecule has 0 saturated carbocycles. The van der Waals surface area contributed by atoms with Crippen LogP contribution in [0.3, 0.4) is 0 Å². The normalized spacial score (nSPS) is 11.5. The molecule has 38 heavy (non-hydrogen) atoms. The number of ether oxygens (including phenoxy) is 8. The van der Waals surface area contributed by atoms with Crippen molar-refractivity contribution in [3.05, 3.63) is 50.6 Å². The quantitative estimate of drug-likeness (QED) is 0.0752. The molecule has 1 atom stereocenters. The van der Waals surface area contributed by atoms with E-state index in [1.807, 2.05) is 0 Å². The number of rotatable bonds is 24. The van der Waals surface area contributed by atoms with Gasteiger partial charge in [-0.3, -0.25) is 0 Å². The molecule has 0 fully saturated rings. The fraction of sp³-hybridized carbons (Fsp3) is 0.538. The minimum atomic E-state index is -0.899. The Labute approximate surface area is 223 Å². The van der Waals surface area contributed by atoms with Gasteiger partial charge in [0.1, 0.15) is 26.4 Å². The van der Waals surface area contributed by atoms with Gasteiger partial charge in [-0.05, 0) is 6.92 Å². The molecule has 0 N–H and O–H groups in total. The lowest BCUT2D eigenvalue weighted by Gasteiger charge is -2.34. The van der Waals surface area contributed by atoms with Crippen LogP contribution in [-0.4, -0.2) is 103 Å². The first kappa shape index (κ1) is 34.7. The summed E-state index contributed by atoms with van der Waals surface area (Å²) in [6.45, 7) is 15.4. The number of hydrogen-bond acceptors (Lipinski definition) is 12. The molecule has 0 radical (unpaired) electrons. The minimum absolute atomic E-state index is 0.00752. The summed E-state index contributed by atoms with van der Waals surface area (Å²) in [5, 5.41) is 0. The van der Waals surface area contributed by atoms with Gasteiger partial charge >= 0.3 is 23.9 Å². The molecule has 1 unspecified atom stereocenters. The number of carbonyl (C=O) groups is 4. The van der Waals surface area contributed by atoms with E-state index in [9.17, 15) is 19.2 Å². The molecule has 0 aliphatic heterocycles. The van der Waals surface area contributed by atoms with Crippen molar-refractivity contribution in [3.63, 3.8) is 0 Å². The van der Waals surface area contributed by atoms with Gasteiger partial charge in [0.2, 0.25) is 0 Å². The molecule has 0 saturated heterocycles. The number of hydrogen-bond donors (Lipinski definition) is 0. The lowest BCUT2D eigenvalue weighted by molar-refractivity contribution is -0.151. The van der Waals surface area contributed by atoms with Crippen molar-refractivity contribution in [2.45, 2.75) is 13.0 Å². The second-order valence-corrected chi connectivity index (χ2v) is 7.73. The molecule has 0 aromatic heterocycles. The summed E-state index contributed by atoms with van der Waals surface area (Å²) in [6.07, 6.45) is 3.68. The van der Waals surface area contributed by atoms with E-state index in [0.29, 0.717) is 0 Å². The Hall–Kier alpha value is -3.32. The fourth-order valence-corrected chi connectivity index (χ4v) is 2.52. The van der Waals surface area contributed by atoms with Crippen LogP contribution in [-0.2, 0) is 57.1 Å². The molecule has 214 valence electrons. The molecule has 0 spiro atoms. The van der Waals surface area contributed by atoms with Crippen LogP contribution in [0.25, 0.3) is 0 Å². The topological polar surface area (TPSA) is 142 Å². The van der Waals surface area contributed by atoms with E-state index in [2.05, 4.69) is 26.3 Å². The van der Waals surface area contributed by atoms with Crippen molar-refractivity contribution in [2.24, 2.45) is 5.41 Å². The standard InChI is InChI=1S/C26H38O12/c1-6-22(27)34-13-10-31-17-26(18-32-11-14-35-23(28)7-2,19-33-12-15-36-24(29)8-3)20-38-21(5)16-37-25(30)9-4/h6-9,21H,1-4,10-20H2,5H3. The number of esters is 4. The monoisotopic (exact) mass is 542 g/mol. The van der Waals surface area contributed by atoms with Gasteiger partial charge in [-0.25, -0.2) is 19.2 Å². The van der Waals surface area contributed by atoms with Gasteiger partial charge in [-0.15, -0.1) is 0 Å². The molecule has 0 aliphatic rings. The predicted octanol–water partition coefficient (Wildman–Crippen LogP) is 1.34. The first-order valence-electron chi connectivity index (χ1n) is 11.7. The van der Waals surface area contributed by atoms with Crippen LogP contribution in [0, 0.1) is 5.41 Å². The van der Waals surface area contributed by atoms with Gasteiger partial charge in [0.25, 0.3) is 0 Å². The second-order valence-electron chi connectivity index (χ2n) is 7.73. The third-order valence-electron chi connectivity index (χ3n) is 4.44. The Balaban J connectivity index is 5.27. The first-order chi connectivity index (χ1) is 18.2.